The van der Waals surface area contributed by atoms with Gasteiger partial charge in [0.25, 0.3) is 11.8 Å². The number of furan rings is 1. The van der Waals surface area contributed by atoms with Gasteiger partial charge in [-0.05, 0) is 35.4 Å². The van der Waals surface area contributed by atoms with Crippen LogP contribution in [0.4, 0.5) is 0 Å². The van der Waals surface area contributed by atoms with Gasteiger partial charge in [-0.3, -0.25) is 9.59 Å². The molecule has 0 spiro atoms. The SMILES string of the molecule is CNC(=O)c1ccc(CN(C)C(=O)c2ccoc2Cl)cc1. The first kappa shape index (κ1) is 15.1. The van der Waals surface area contributed by atoms with Gasteiger partial charge in [0, 0.05) is 26.2 Å². The molecule has 2 aromatic rings. The van der Waals surface area contributed by atoms with E-state index in [1.165, 1.54) is 17.2 Å². The second-order valence-electron chi connectivity index (χ2n) is 4.55. The molecule has 1 aromatic heterocycles. The number of carbonyl (C=O) groups is 2. The molecule has 0 aliphatic carbocycles. The predicted molar refractivity (Wildman–Crippen MR) is 79.3 cm³/mol. The van der Waals surface area contributed by atoms with Crippen LogP contribution in [-0.4, -0.2) is 30.8 Å². The molecule has 1 heterocycles. The molecule has 0 unspecified atom stereocenters. The first-order chi connectivity index (χ1) is 10.0. The third-order valence-electron chi connectivity index (χ3n) is 3.06. The normalized spacial score (nSPS) is 10.2. The molecule has 2 amide bonds. The third kappa shape index (κ3) is 3.44. The van der Waals surface area contributed by atoms with Crippen LogP contribution in [0.25, 0.3) is 0 Å². The average Bonchev–Trinajstić information content (AvgIpc) is 2.92. The Balaban J connectivity index is 2.06. The molecule has 0 aliphatic heterocycles. The second-order valence-corrected chi connectivity index (χ2v) is 4.89. The second kappa shape index (κ2) is 6.45. The van der Waals surface area contributed by atoms with Crippen LogP contribution in [0.5, 0.6) is 0 Å². The van der Waals surface area contributed by atoms with Gasteiger partial charge in [-0.25, -0.2) is 0 Å². The summed E-state index contributed by atoms with van der Waals surface area (Å²) in [5, 5.41) is 2.64. The monoisotopic (exact) mass is 306 g/mol. The lowest BCUT2D eigenvalue weighted by Crippen LogP contribution is -2.26. The van der Waals surface area contributed by atoms with Gasteiger partial charge in [0.2, 0.25) is 5.22 Å². The van der Waals surface area contributed by atoms with Crippen molar-refractivity contribution >= 4 is 23.4 Å². The Bertz CT molecular complexity index is 649. The van der Waals surface area contributed by atoms with Crippen LogP contribution in [-0.2, 0) is 6.54 Å². The molecule has 1 N–H and O–H groups in total. The number of hydrogen-bond acceptors (Lipinski definition) is 3. The van der Waals surface area contributed by atoms with E-state index >= 15 is 0 Å². The summed E-state index contributed by atoms with van der Waals surface area (Å²) in [6.45, 7) is 0.411. The lowest BCUT2D eigenvalue weighted by Gasteiger charge is -2.16. The molecule has 21 heavy (non-hydrogen) atoms. The van der Waals surface area contributed by atoms with E-state index < -0.39 is 0 Å². The zero-order valence-electron chi connectivity index (χ0n) is 11.7. The van der Waals surface area contributed by atoms with Crippen LogP contribution in [0.1, 0.15) is 26.3 Å². The van der Waals surface area contributed by atoms with Crippen LogP contribution >= 0.6 is 11.6 Å². The molecule has 0 aliphatic rings. The molecule has 5 nitrogen and oxygen atoms in total. The van der Waals surface area contributed by atoms with Gasteiger partial charge >= 0.3 is 0 Å². The van der Waals surface area contributed by atoms with Crippen LogP contribution in [0.15, 0.2) is 41.0 Å². The third-order valence-corrected chi connectivity index (χ3v) is 3.35. The Morgan fingerprint density at radius 1 is 1.24 bits per heavy atom. The molecular weight excluding hydrogens is 292 g/mol. The lowest BCUT2D eigenvalue weighted by atomic mass is 10.1. The number of nitrogens with zero attached hydrogens (tertiary/aromatic N) is 1. The molecule has 0 atom stereocenters. The van der Waals surface area contributed by atoms with Crippen molar-refractivity contribution in [3.8, 4) is 0 Å². The highest BCUT2D eigenvalue weighted by Gasteiger charge is 2.17. The Hall–Kier alpha value is -2.27. The van der Waals surface area contributed by atoms with Crippen molar-refractivity contribution in [3.05, 3.63) is 58.5 Å². The summed E-state index contributed by atoms with van der Waals surface area (Å²) in [5.74, 6) is -0.361. The summed E-state index contributed by atoms with van der Waals surface area (Å²) in [4.78, 5) is 25.2. The first-order valence-corrected chi connectivity index (χ1v) is 6.70. The predicted octanol–water partition coefficient (Wildman–Crippen LogP) is 2.56. The summed E-state index contributed by atoms with van der Waals surface area (Å²) >= 11 is 5.79. The Kier molecular flexibility index (Phi) is 4.65. The molecule has 0 saturated heterocycles. The maximum Gasteiger partial charge on any atom is 0.258 e. The van der Waals surface area contributed by atoms with E-state index in [0.717, 1.165) is 5.56 Å². The fourth-order valence-corrected chi connectivity index (χ4v) is 2.10. The van der Waals surface area contributed by atoms with Crippen LogP contribution in [0, 0.1) is 0 Å². The van der Waals surface area contributed by atoms with Crippen molar-refractivity contribution in [3.63, 3.8) is 0 Å². The maximum atomic E-state index is 12.2. The minimum atomic E-state index is -0.218. The van der Waals surface area contributed by atoms with Crippen molar-refractivity contribution < 1.29 is 14.0 Å². The average molecular weight is 307 g/mol. The topological polar surface area (TPSA) is 62.6 Å². The van der Waals surface area contributed by atoms with E-state index in [0.29, 0.717) is 17.7 Å². The number of amides is 2. The highest BCUT2D eigenvalue weighted by atomic mass is 35.5. The van der Waals surface area contributed by atoms with Crippen molar-refractivity contribution in [2.75, 3.05) is 14.1 Å². The largest absolute Gasteiger partial charge is 0.452 e. The summed E-state index contributed by atoms with van der Waals surface area (Å²) in [6, 6.07) is 8.60. The Morgan fingerprint density at radius 3 is 2.43 bits per heavy atom. The number of nitrogens with one attached hydrogen (secondary N) is 1. The number of hydrogen-bond donors (Lipinski definition) is 1. The fraction of sp³-hybridized carbons (Fsp3) is 0.200. The fourth-order valence-electron chi connectivity index (χ4n) is 1.90. The van der Waals surface area contributed by atoms with E-state index in [1.807, 2.05) is 12.1 Å². The van der Waals surface area contributed by atoms with Gasteiger partial charge in [-0.2, -0.15) is 0 Å². The Labute approximate surface area is 127 Å². The maximum absolute atomic E-state index is 12.2. The highest BCUT2D eigenvalue weighted by Crippen LogP contribution is 2.19. The zero-order chi connectivity index (χ0) is 15.4. The number of carbonyl (C=O) groups excluding carboxylic acids is 2. The quantitative estimate of drug-likeness (QED) is 0.944. The molecule has 110 valence electrons. The Morgan fingerprint density at radius 2 is 1.90 bits per heavy atom. The lowest BCUT2D eigenvalue weighted by molar-refractivity contribution is 0.0784. The van der Waals surface area contributed by atoms with Gasteiger partial charge < -0.3 is 14.6 Å². The van der Waals surface area contributed by atoms with Crippen molar-refractivity contribution in [1.82, 2.24) is 10.2 Å². The molecule has 6 heteroatoms. The molecule has 0 fully saturated rings. The zero-order valence-corrected chi connectivity index (χ0v) is 12.5. The van der Waals surface area contributed by atoms with E-state index in [4.69, 9.17) is 16.0 Å². The van der Waals surface area contributed by atoms with E-state index in [9.17, 15) is 9.59 Å². The smallest absolute Gasteiger partial charge is 0.258 e. The molecule has 0 bridgehead atoms. The standard InChI is InChI=1S/C15H15ClN2O3/c1-17-14(19)11-5-3-10(4-6-11)9-18(2)15(20)12-7-8-21-13(12)16/h3-8H,9H2,1-2H3,(H,17,19). The van der Waals surface area contributed by atoms with E-state index in [-0.39, 0.29) is 17.0 Å². The van der Waals surface area contributed by atoms with Crippen LogP contribution < -0.4 is 5.32 Å². The van der Waals surface area contributed by atoms with Crippen LogP contribution in [0.2, 0.25) is 5.22 Å². The van der Waals surface area contributed by atoms with Gasteiger partial charge in [0.1, 0.15) is 0 Å². The van der Waals surface area contributed by atoms with Gasteiger partial charge in [-0.15, -0.1) is 0 Å². The summed E-state index contributed by atoms with van der Waals surface area (Å²) in [5.41, 5.74) is 1.83. The summed E-state index contributed by atoms with van der Waals surface area (Å²) in [6.07, 6.45) is 1.38. The highest BCUT2D eigenvalue weighted by molar-refractivity contribution is 6.32. The van der Waals surface area contributed by atoms with Gasteiger partial charge in [0.15, 0.2) is 0 Å². The number of rotatable bonds is 4. The number of halogens is 1. The minimum absolute atomic E-state index is 0.0850. The van der Waals surface area contributed by atoms with E-state index in [2.05, 4.69) is 5.32 Å². The molecule has 0 saturated carbocycles. The van der Waals surface area contributed by atoms with Crippen molar-refractivity contribution in [2.24, 2.45) is 0 Å². The number of benzene rings is 1. The van der Waals surface area contributed by atoms with Crippen molar-refractivity contribution in [2.45, 2.75) is 6.54 Å². The molecular formula is C15H15ClN2O3. The molecule has 2 rings (SSSR count). The van der Waals surface area contributed by atoms with Crippen molar-refractivity contribution in [1.29, 1.82) is 0 Å². The van der Waals surface area contributed by atoms with E-state index in [1.54, 1.807) is 26.2 Å². The first-order valence-electron chi connectivity index (χ1n) is 6.32. The summed E-state index contributed by atoms with van der Waals surface area (Å²) < 4.78 is 4.91. The minimum Gasteiger partial charge on any atom is -0.452 e. The van der Waals surface area contributed by atoms with Gasteiger partial charge in [0.05, 0.1) is 11.8 Å². The summed E-state index contributed by atoms with van der Waals surface area (Å²) in [7, 11) is 3.26. The molecule has 1 aromatic carbocycles. The van der Waals surface area contributed by atoms with Crippen LogP contribution in [0.3, 0.4) is 0 Å². The van der Waals surface area contributed by atoms with Gasteiger partial charge in [-0.1, -0.05) is 12.1 Å². The molecule has 0 radical (unpaired) electrons.